The van der Waals surface area contributed by atoms with Gasteiger partial charge in [-0.15, -0.1) is 0 Å². The van der Waals surface area contributed by atoms with Gasteiger partial charge in [-0.2, -0.15) is 0 Å². The van der Waals surface area contributed by atoms with E-state index >= 15 is 0 Å². The fourth-order valence-electron chi connectivity index (χ4n) is 3.08. The van der Waals surface area contributed by atoms with Gasteiger partial charge in [0.25, 0.3) is 11.8 Å². The molecule has 0 saturated carbocycles. The summed E-state index contributed by atoms with van der Waals surface area (Å²) in [5.41, 5.74) is 1.03. The molecule has 0 saturated heterocycles. The van der Waals surface area contributed by atoms with E-state index in [0.29, 0.717) is 23.6 Å². The summed E-state index contributed by atoms with van der Waals surface area (Å²) in [7, 11) is 1.76. The Labute approximate surface area is 156 Å². The smallest absolute Gasteiger partial charge is 0.261 e. The van der Waals surface area contributed by atoms with Crippen LogP contribution < -0.4 is 10.6 Å². The highest BCUT2D eigenvalue weighted by atomic mass is 16.2. The van der Waals surface area contributed by atoms with Gasteiger partial charge in [0, 0.05) is 26.7 Å². The minimum Gasteiger partial charge on any atom is -0.356 e. The van der Waals surface area contributed by atoms with Crippen LogP contribution in [0.2, 0.25) is 0 Å². The second-order valence-corrected chi connectivity index (χ2v) is 6.58. The van der Waals surface area contributed by atoms with Crippen LogP contribution in [-0.4, -0.2) is 49.4 Å². The van der Waals surface area contributed by atoms with Crippen molar-refractivity contribution in [2.75, 3.05) is 26.7 Å². The molecule has 142 valence electrons. The first-order valence-electron chi connectivity index (χ1n) is 9.52. The van der Waals surface area contributed by atoms with E-state index in [1.165, 1.54) is 4.90 Å². The number of hydrogen-bond donors (Lipinski definition) is 2. The Hall–Kier alpha value is -2.37. The van der Waals surface area contributed by atoms with Crippen LogP contribution in [-0.2, 0) is 0 Å². The van der Waals surface area contributed by atoms with Gasteiger partial charge >= 0.3 is 0 Å². The molecule has 6 nitrogen and oxygen atoms in total. The number of carbonyl (C=O) groups is 2. The molecule has 26 heavy (non-hydrogen) atoms. The number of imide groups is 1. The maximum atomic E-state index is 12.3. The Balaban J connectivity index is 1.69. The van der Waals surface area contributed by atoms with E-state index in [-0.39, 0.29) is 11.8 Å². The second-order valence-electron chi connectivity index (χ2n) is 6.58. The van der Waals surface area contributed by atoms with Gasteiger partial charge in [0.2, 0.25) is 0 Å². The summed E-state index contributed by atoms with van der Waals surface area (Å²) in [6.45, 7) is 6.53. The topological polar surface area (TPSA) is 73.8 Å². The highest BCUT2D eigenvalue weighted by Crippen LogP contribution is 2.22. The molecule has 0 atom stereocenters. The molecule has 0 aromatic heterocycles. The molecule has 2 rings (SSSR count). The van der Waals surface area contributed by atoms with E-state index in [0.717, 1.165) is 44.7 Å². The van der Waals surface area contributed by atoms with Gasteiger partial charge in [-0.3, -0.25) is 19.5 Å². The molecule has 2 amide bonds. The Morgan fingerprint density at radius 1 is 1.04 bits per heavy atom. The van der Waals surface area contributed by atoms with Crippen molar-refractivity contribution in [3.05, 3.63) is 35.4 Å². The molecular formula is C20H30N4O2. The van der Waals surface area contributed by atoms with Crippen LogP contribution >= 0.6 is 0 Å². The number of benzene rings is 1. The van der Waals surface area contributed by atoms with Crippen LogP contribution in [0.15, 0.2) is 29.3 Å². The maximum Gasteiger partial charge on any atom is 0.261 e. The van der Waals surface area contributed by atoms with Gasteiger partial charge < -0.3 is 10.6 Å². The van der Waals surface area contributed by atoms with Crippen LogP contribution in [0, 0.1) is 5.92 Å². The molecule has 0 aliphatic carbocycles. The van der Waals surface area contributed by atoms with Gasteiger partial charge in [-0.05, 0) is 30.9 Å². The molecular weight excluding hydrogens is 328 g/mol. The van der Waals surface area contributed by atoms with Gasteiger partial charge in [0.15, 0.2) is 5.96 Å². The van der Waals surface area contributed by atoms with Crippen molar-refractivity contribution in [1.29, 1.82) is 0 Å². The second kappa shape index (κ2) is 9.94. The van der Waals surface area contributed by atoms with Crippen molar-refractivity contribution >= 4 is 17.8 Å². The summed E-state index contributed by atoms with van der Waals surface area (Å²) < 4.78 is 0. The average molecular weight is 358 g/mol. The third-order valence-corrected chi connectivity index (χ3v) is 4.92. The Morgan fingerprint density at radius 3 is 2.19 bits per heavy atom. The first kappa shape index (κ1) is 19.9. The molecule has 0 spiro atoms. The predicted octanol–water partition coefficient (Wildman–Crippen LogP) is 2.66. The van der Waals surface area contributed by atoms with E-state index in [1.807, 2.05) is 0 Å². The number of aliphatic imine (C=N–C) groups is 1. The Morgan fingerprint density at radius 2 is 1.65 bits per heavy atom. The van der Waals surface area contributed by atoms with Crippen LogP contribution in [0.3, 0.4) is 0 Å². The molecule has 1 aromatic carbocycles. The SMILES string of the molecule is CCC(CC)CNC(=NC)NCCCCN1C(=O)c2ccccc2C1=O. The number of guanidine groups is 1. The molecule has 0 bridgehead atoms. The van der Waals surface area contributed by atoms with Crippen molar-refractivity contribution in [2.45, 2.75) is 39.5 Å². The predicted molar refractivity (Wildman–Crippen MR) is 104 cm³/mol. The summed E-state index contributed by atoms with van der Waals surface area (Å²) in [6, 6.07) is 7.01. The third-order valence-electron chi connectivity index (χ3n) is 4.92. The minimum absolute atomic E-state index is 0.179. The average Bonchev–Trinajstić information content (AvgIpc) is 2.91. The number of unbranched alkanes of at least 4 members (excludes halogenated alkanes) is 1. The number of hydrogen-bond acceptors (Lipinski definition) is 3. The molecule has 0 radical (unpaired) electrons. The van der Waals surface area contributed by atoms with Crippen molar-refractivity contribution < 1.29 is 9.59 Å². The largest absolute Gasteiger partial charge is 0.356 e. The van der Waals surface area contributed by atoms with E-state index in [1.54, 1.807) is 31.3 Å². The Bertz CT molecular complexity index is 618. The highest BCUT2D eigenvalue weighted by Gasteiger charge is 2.34. The van der Waals surface area contributed by atoms with Crippen molar-refractivity contribution in [2.24, 2.45) is 10.9 Å². The molecule has 6 heteroatoms. The lowest BCUT2D eigenvalue weighted by atomic mass is 10.0. The zero-order chi connectivity index (χ0) is 18.9. The monoisotopic (exact) mass is 358 g/mol. The third kappa shape index (κ3) is 4.84. The number of fused-ring (bicyclic) bond motifs is 1. The minimum atomic E-state index is -0.179. The van der Waals surface area contributed by atoms with Gasteiger partial charge in [-0.1, -0.05) is 38.8 Å². The molecule has 1 aliphatic rings. The van der Waals surface area contributed by atoms with Gasteiger partial charge in [-0.25, -0.2) is 0 Å². The molecule has 1 aliphatic heterocycles. The first-order chi connectivity index (χ1) is 12.6. The van der Waals surface area contributed by atoms with Crippen molar-refractivity contribution in [3.8, 4) is 0 Å². The zero-order valence-corrected chi connectivity index (χ0v) is 16.0. The fourth-order valence-corrected chi connectivity index (χ4v) is 3.08. The molecule has 0 unspecified atom stereocenters. The standard InChI is InChI=1S/C20H30N4O2/c1-4-15(5-2)14-23-20(21-3)22-12-8-9-13-24-18(25)16-10-6-7-11-17(16)19(24)26/h6-7,10-11,15H,4-5,8-9,12-14H2,1-3H3,(H2,21,22,23). The van der Waals surface area contributed by atoms with Crippen LogP contribution in [0.5, 0.6) is 0 Å². The number of nitrogens with zero attached hydrogens (tertiary/aromatic N) is 2. The van der Waals surface area contributed by atoms with E-state index in [9.17, 15) is 9.59 Å². The number of carbonyl (C=O) groups excluding carboxylic acids is 2. The lowest BCUT2D eigenvalue weighted by Crippen LogP contribution is -2.40. The van der Waals surface area contributed by atoms with E-state index < -0.39 is 0 Å². The van der Waals surface area contributed by atoms with Crippen LogP contribution in [0.1, 0.15) is 60.2 Å². The summed E-state index contributed by atoms with van der Waals surface area (Å²) in [4.78, 5) is 30.2. The number of rotatable bonds is 9. The first-order valence-corrected chi connectivity index (χ1v) is 9.52. The van der Waals surface area contributed by atoms with Crippen LogP contribution in [0.25, 0.3) is 0 Å². The number of amides is 2. The van der Waals surface area contributed by atoms with Crippen molar-refractivity contribution in [3.63, 3.8) is 0 Å². The Kier molecular flexibility index (Phi) is 7.63. The maximum absolute atomic E-state index is 12.3. The summed E-state index contributed by atoms with van der Waals surface area (Å²) in [5.74, 6) is 1.10. The fraction of sp³-hybridized carbons (Fsp3) is 0.550. The summed E-state index contributed by atoms with van der Waals surface area (Å²) in [6.07, 6.45) is 3.93. The van der Waals surface area contributed by atoms with Gasteiger partial charge in [0.05, 0.1) is 11.1 Å². The van der Waals surface area contributed by atoms with Crippen molar-refractivity contribution in [1.82, 2.24) is 15.5 Å². The van der Waals surface area contributed by atoms with Crippen LogP contribution in [0.4, 0.5) is 0 Å². The molecule has 0 fully saturated rings. The summed E-state index contributed by atoms with van der Waals surface area (Å²) >= 11 is 0. The van der Waals surface area contributed by atoms with E-state index in [4.69, 9.17) is 0 Å². The highest BCUT2D eigenvalue weighted by molar-refractivity contribution is 6.21. The lowest BCUT2D eigenvalue weighted by molar-refractivity contribution is 0.0652. The molecule has 1 heterocycles. The normalized spacial score (nSPS) is 14.2. The van der Waals surface area contributed by atoms with E-state index in [2.05, 4.69) is 29.5 Å². The number of nitrogens with one attached hydrogen (secondary N) is 2. The molecule has 1 aromatic rings. The van der Waals surface area contributed by atoms with Gasteiger partial charge in [0.1, 0.15) is 0 Å². The molecule has 2 N–H and O–H groups in total. The zero-order valence-electron chi connectivity index (χ0n) is 16.0. The summed E-state index contributed by atoms with van der Waals surface area (Å²) in [5, 5.41) is 6.64. The lowest BCUT2D eigenvalue weighted by Gasteiger charge is -2.17. The quantitative estimate of drug-likeness (QED) is 0.308.